The number of pyridine rings is 1. The molecule has 2 rings (SSSR count). The first-order valence-corrected chi connectivity index (χ1v) is 6.19. The second kappa shape index (κ2) is 5.91. The zero-order chi connectivity index (χ0) is 13.8. The Morgan fingerprint density at radius 3 is 2.74 bits per heavy atom. The number of nitrogens with one attached hydrogen (secondary N) is 1. The van der Waals surface area contributed by atoms with E-state index in [0.717, 1.165) is 5.56 Å². The second-order valence-electron chi connectivity index (χ2n) is 3.79. The molecule has 0 saturated heterocycles. The van der Waals surface area contributed by atoms with E-state index in [1.54, 1.807) is 36.5 Å². The van der Waals surface area contributed by atoms with Gasteiger partial charge in [-0.05, 0) is 18.2 Å². The van der Waals surface area contributed by atoms with Crippen molar-refractivity contribution < 1.29 is 4.74 Å². The summed E-state index contributed by atoms with van der Waals surface area (Å²) in [6.45, 7) is 0.251. The highest BCUT2D eigenvalue weighted by Gasteiger charge is 2.07. The molecule has 98 valence electrons. The fourth-order valence-electron chi connectivity index (χ4n) is 1.53. The number of benzene rings is 1. The number of nitrogens with zero attached hydrogens (tertiary/aromatic N) is 1. The van der Waals surface area contributed by atoms with Crippen molar-refractivity contribution in [2.24, 2.45) is 5.73 Å². The summed E-state index contributed by atoms with van der Waals surface area (Å²) >= 11 is 11.7. The average Bonchev–Trinajstić information content (AvgIpc) is 2.40. The first-order chi connectivity index (χ1) is 9.08. The summed E-state index contributed by atoms with van der Waals surface area (Å²) in [6, 6.07) is 8.58. The summed E-state index contributed by atoms with van der Waals surface area (Å²) in [7, 11) is 0. The Kier molecular flexibility index (Phi) is 4.24. The molecule has 0 bridgehead atoms. The molecule has 0 aliphatic heterocycles. The van der Waals surface area contributed by atoms with Crippen LogP contribution < -0.4 is 10.5 Å². The molecule has 3 N–H and O–H groups in total. The largest absolute Gasteiger partial charge is 0.489 e. The number of hydrogen-bond donors (Lipinski definition) is 2. The summed E-state index contributed by atoms with van der Waals surface area (Å²) in [5.41, 5.74) is 6.61. The lowest BCUT2D eigenvalue weighted by atomic mass is 10.2. The Morgan fingerprint density at radius 2 is 2.05 bits per heavy atom. The van der Waals surface area contributed by atoms with Gasteiger partial charge in [0.1, 0.15) is 23.9 Å². The molecule has 19 heavy (non-hydrogen) atoms. The molecule has 0 unspecified atom stereocenters. The van der Waals surface area contributed by atoms with Crippen molar-refractivity contribution in [1.82, 2.24) is 4.98 Å². The third-order valence-corrected chi connectivity index (χ3v) is 3.17. The minimum atomic E-state index is -0.0895. The van der Waals surface area contributed by atoms with Gasteiger partial charge in [0.2, 0.25) is 0 Å². The van der Waals surface area contributed by atoms with Crippen LogP contribution in [0.3, 0.4) is 0 Å². The van der Waals surface area contributed by atoms with Gasteiger partial charge in [-0.15, -0.1) is 0 Å². The SMILES string of the molecule is N=C(N)c1ncccc1COc1ccc(Cl)c(Cl)c1. The Morgan fingerprint density at radius 1 is 1.26 bits per heavy atom. The highest BCUT2D eigenvalue weighted by Crippen LogP contribution is 2.26. The molecule has 1 aromatic carbocycles. The quantitative estimate of drug-likeness (QED) is 0.672. The first-order valence-electron chi connectivity index (χ1n) is 5.44. The minimum absolute atomic E-state index is 0.0895. The van der Waals surface area contributed by atoms with Gasteiger partial charge in [0.25, 0.3) is 0 Å². The lowest BCUT2D eigenvalue weighted by Gasteiger charge is -2.09. The van der Waals surface area contributed by atoms with E-state index in [1.807, 2.05) is 0 Å². The summed E-state index contributed by atoms with van der Waals surface area (Å²) < 4.78 is 5.58. The number of hydrogen-bond acceptors (Lipinski definition) is 3. The lowest BCUT2D eigenvalue weighted by molar-refractivity contribution is 0.305. The summed E-state index contributed by atoms with van der Waals surface area (Å²) in [5.74, 6) is 0.501. The molecule has 2 aromatic rings. The van der Waals surface area contributed by atoms with E-state index < -0.39 is 0 Å². The van der Waals surface area contributed by atoms with Crippen LogP contribution in [0.5, 0.6) is 5.75 Å². The van der Waals surface area contributed by atoms with Crippen LogP contribution in [0.4, 0.5) is 0 Å². The van der Waals surface area contributed by atoms with E-state index in [2.05, 4.69) is 4.98 Å². The van der Waals surface area contributed by atoms with Crippen LogP contribution in [0.2, 0.25) is 10.0 Å². The Hall–Kier alpha value is -1.78. The first kappa shape index (κ1) is 13.6. The molecule has 4 nitrogen and oxygen atoms in total. The molecule has 0 aliphatic rings. The number of halogens is 2. The van der Waals surface area contributed by atoms with E-state index in [4.69, 9.17) is 39.1 Å². The molecule has 0 fully saturated rings. The summed E-state index contributed by atoms with van der Waals surface area (Å²) in [4.78, 5) is 4.05. The summed E-state index contributed by atoms with van der Waals surface area (Å²) in [5, 5.41) is 8.34. The molecule has 1 heterocycles. The maximum absolute atomic E-state index is 7.44. The third-order valence-electron chi connectivity index (χ3n) is 2.43. The van der Waals surface area contributed by atoms with Gasteiger partial charge in [-0.3, -0.25) is 10.4 Å². The maximum atomic E-state index is 7.44. The van der Waals surface area contributed by atoms with Crippen molar-refractivity contribution in [1.29, 1.82) is 5.41 Å². The molecule has 0 amide bonds. The van der Waals surface area contributed by atoms with Gasteiger partial charge < -0.3 is 10.5 Å². The number of nitrogen functional groups attached to an aromatic ring is 1. The Bertz CT molecular complexity index is 617. The van der Waals surface area contributed by atoms with Crippen LogP contribution in [-0.2, 0) is 6.61 Å². The topological polar surface area (TPSA) is 72.0 Å². The van der Waals surface area contributed by atoms with E-state index in [-0.39, 0.29) is 12.4 Å². The predicted molar refractivity (Wildman–Crippen MR) is 76.0 cm³/mol. The molecule has 1 aromatic heterocycles. The van der Waals surface area contributed by atoms with Crippen molar-refractivity contribution in [3.63, 3.8) is 0 Å². The van der Waals surface area contributed by atoms with Crippen LogP contribution in [0.1, 0.15) is 11.3 Å². The third kappa shape index (κ3) is 3.36. The standard InChI is InChI=1S/C13H11Cl2N3O/c14-10-4-3-9(6-11(10)15)19-7-8-2-1-5-18-12(8)13(16)17/h1-6H,7H2,(H3,16,17). The lowest BCUT2D eigenvalue weighted by Crippen LogP contribution is -2.16. The molecular weight excluding hydrogens is 285 g/mol. The molecule has 0 aliphatic carbocycles. The number of amidine groups is 1. The highest BCUT2D eigenvalue weighted by atomic mass is 35.5. The zero-order valence-electron chi connectivity index (χ0n) is 9.86. The fourth-order valence-corrected chi connectivity index (χ4v) is 1.81. The van der Waals surface area contributed by atoms with Crippen molar-refractivity contribution in [3.05, 3.63) is 57.8 Å². The zero-order valence-corrected chi connectivity index (χ0v) is 11.4. The monoisotopic (exact) mass is 295 g/mol. The molecule has 0 saturated carbocycles. The van der Waals surface area contributed by atoms with Crippen molar-refractivity contribution in [2.45, 2.75) is 6.61 Å². The summed E-state index contributed by atoms with van der Waals surface area (Å²) in [6.07, 6.45) is 1.58. The number of rotatable bonds is 4. The normalized spacial score (nSPS) is 10.2. The number of aromatic nitrogens is 1. The van der Waals surface area contributed by atoms with Crippen molar-refractivity contribution >= 4 is 29.0 Å². The Balaban J connectivity index is 2.14. The Labute approximate surface area is 120 Å². The van der Waals surface area contributed by atoms with E-state index in [9.17, 15) is 0 Å². The van der Waals surface area contributed by atoms with E-state index in [0.29, 0.717) is 21.5 Å². The van der Waals surface area contributed by atoms with Gasteiger partial charge in [0, 0.05) is 17.8 Å². The van der Waals surface area contributed by atoms with Crippen LogP contribution in [0.15, 0.2) is 36.5 Å². The van der Waals surface area contributed by atoms with Crippen LogP contribution in [0.25, 0.3) is 0 Å². The molecular formula is C13H11Cl2N3O. The van der Waals surface area contributed by atoms with E-state index in [1.165, 1.54) is 0 Å². The van der Waals surface area contributed by atoms with Crippen LogP contribution >= 0.6 is 23.2 Å². The van der Waals surface area contributed by atoms with Gasteiger partial charge in [0.05, 0.1) is 10.0 Å². The molecule has 6 heteroatoms. The highest BCUT2D eigenvalue weighted by molar-refractivity contribution is 6.42. The van der Waals surface area contributed by atoms with Gasteiger partial charge in [-0.1, -0.05) is 29.3 Å². The fraction of sp³-hybridized carbons (Fsp3) is 0.0769. The molecule has 0 spiro atoms. The predicted octanol–water partition coefficient (Wildman–Crippen LogP) is 3.25. The van der Waals surface area contributed by atoms with Gasteiger partial charge in [0.15, 0.2) is 0 Å². The van der Waals surface area contributed by atoms with E-state index >= 15 is 0 Å². The van der Waals surface area contributed by atoms with Crippen molar-refractivity contribution in [2.75, 3.05) is 0 Å². The average molecular weight is 296 g/mol. The second-order valence-corrected chi connectivity index (χ2v) is 4.60. The minimum Gasteiger partial charge on any atom is -0.489 e. The van der Waals surface area contributed by atoms with Gasteiger partial charge in [-0.2, -0.15) is 0 Å². The van der Waals surface area contributed by atoms with Gasteiger partial charge in [-0.25, -0.2) is 0 Å². The van der Waals surface area contributed by atoms with Crippen molar-refractivity contribution in [3.8, 4) is 5.75 Å². The van der Waals surface area contributed by atoms with Gasteiger partial charge >= 0.3 is 0 Å². The molecule has 0 atom stereocenters. The van der Waals surface area contributed by atoms with Crippen LogP contribution in [-0.4, -0.2) is 10.8 Å². The molecule has 0 radical (unpaired) electrons. The smallest absolute Gasteiger partial charge is 0.142 e. The number of ether oxygens (including phenoxy) is 1. The number of nitrogens with two attached hydrogens (primary N) is 1. The maximum Gasteiger partial charge on any atom is 0.142 e. The van der Waals surface area contributed by atoms with Crippen LogP contribution in [0, 0.1) is 5.41 Å².